The second kappa shape index (κ2) is 8.91. The smallest absolute Gasteiger partial charge is 0.262 e. The first-order valence-electron chi connectivity index (χ1n) is 10.8. The number of anilines is 2. The summed E-state index contributed by atoms with van der Waals surface area (Å²) in [5.74, 6) is 0.141. The SMILES string of the molecule is CC(Oc1cc(-c2cnn(C)c2)cc2ncnc(Nc3ccc4ncsc4c3F)c12)C(=O)N(C)C. The quantitative estimate of drug-likeness (QED) is 0.376. The maximum atomic E-state index is 15.2. The van der Waals surface area contributed by atoms with Gasteiger partial charge in [0.05, 0.1) is 38.5 Å². The molecule has 5 aromatic rings. The monoisotopic (exact) mass is 491 g/mol. The van der Waals surface area contributed by atoms with E-state index in [1.54, 1.807) is 49.5 Å². The van der Waals surface area contributed by atoms with Gasteiger partial charge in [-0.1, -0.05) is 0 Å². The van der Waals surface area contributed by atoms with E-state index >= 15 is 4.39 Å². The zero-order chi connectivity index (χ0) is 24.7. The van der Waals surface area contributed by atoms with Gasteiger partial charge in [0, 0.05) is 32.9 Å². The first kappa shape index (κ1) is 22.7. The summed E-state index contributed by atoms with van der Waals surface area (Å²) in [4.78, 5) is 27.0. The van der Waals surface area contributed by atoms with Gasteiger partial charge in [-0.05, 0) is 36.8 Å². The Bertz CT molecular complexity index is 1560. The van der Waals surface area contributed by atoms with Crippen LogP contribution in [0.4, 0.5) is 15.9 Å². The molecule has 0 aliphatic rings. The van der Waals surface area contributed by atoms with E-state index in [0.29, 0.717) is 32.7 Å². The summed E-state index contributed by atoms with van der Waals surface area (Å²) in [5, 5.41) is 7.86. The van der Waals surface area contributed by atoms with Crippen molar-refractivity contribution in [3.8, 4) is 16.9 Å². The van der Waals surface area contributed by atoms with Crippen molar-refractivity contribution in [2.75, 3.05) is 19.4 Å². The van der Waals surface area contributed by atoms with Crippen LogP contribution in [-0.2, 0) is 11.8 Å². The average molecular weight is 492 g/mol. The maximum absolute atomic E-state index is 15.2. The predicted octanol–water partition coefficient (Wildman–Crippen LogP) is 4.38. The lowest BCUT2D eigenvalue weighted by Gasteiger charge is -2.20. The number of ether oxygens (including phenoxy) is 1. The van der Waals surface area contributed by atoms with Crippen molar-refractivity contribution in [3.05, 3.63) is 54.3 Å². The Morgan fingerprint density at radius 3 is 2.74 bits per heavy atom. The fourth-order valence-electron chi connectivity index (χ4n) is 3.80. The number of hydrogen-bond acceptors (Lipinski definition) is 8. The number of halogens is 1. The molecule has 1 amide bonds. The number of nitrogens with zero attached hydrogens (tertiary/aromatic N) is 6. The fourth-order valence-corrected chi connectivity index (χ4v) is 4.53. The molecule has 3 heterocycles. The van der Waals surface area contributed by atoms with Crippen LogP contribution in [0.2, 0.25) is 0 Å². The number of aryl methyl sites for hydroxylation is 1. The van der Waals surface area contributed by atoms with Gasteiger partial charge in [-0.25, -0.2) is 19.3 Å². The molecule has 1 N–H and O–H groups in total. The molecule has 5 rings (SSSR count). The number of hydrogen-bond donors (Lipinski definition) is 1. The van der Waals surface area contributed by atoms with E-state index in [1.807, 2.05) is 25.4 Å². The number of amides is 1. The minimum atomic E-state index is -0.768. The molecule has 0 aliphatic heterocycles. The summed E-state index contributed by atoms with van der Waals surface area (Å²) >= 11 is 1.23. The van der Waals surface area contributed by atoms with Crippen molar-refractivity contribution < 1.29 is 13.9 Å². The van der Waals surface area contributed by atoms with E-state index < -0.39 is 11.9 Å². The molecule has 0 bridgehead atoms. The summed E-state index contributed by atoms with van der Waals surface area (Å²) < 4.78 is 23.5. The van der Waals surface area contributed by atoms with Crippen LogP contribution >= 0.6 is 11.3 Å². The number of fused-ring (bicyclic) bond motifs is 2. The van der Waals surface area contributed by atoms with Crippen LogP contribution in [0.5, 0.6) is 5.75 Å². The molecule has 0 radical (unpaired) electrons. The van der Waals surface area contributed by atoms with Crippen molar-refractivity contribution in [2.45, 2.75) is 13.0 Å². The molecular weight excluding hydrogens is 469 g/mol. The van der Waals surface area contributed by atoms with E-state index in [-0.39, 0.29) is 11.6 Å². The molecule has 0 fully saturated rings. The van der Waals surface area contributed by atoms with Gasteiger partial charge in [-0.3, -0.25) is 9.48 Å². The van der Waals surface area contributed by atoms with Crippen LogP contribution < -0.4 is 10.1 Å². The third-order valence-electron chi connectivity index (χ3n) is 5.52. The number of aromatic nitrogens is 5. The topological polar surface area (TPSA) is 98.1 Å². The minimum absolute atomic E-state index is 0.196. The van der Waals surface area contributed by atoms with Crippen LogP contribution in [0, 0.1) is 5.82 Å². The highest BCUT2D eigenvalue weighted by molar-refractivity contribution is 7.16. The van der Waals surface area contributed by atoms with E-state index in [9.17, 15) is 4.79 Å². The van der Waals surface area contributed by atoms with Gasteiger partial charge in [0.2, 0.25) is 0 Å². The molecule has 1 atom stereocenters. The molecule has 9 nitrogen and oxygen atoms in total. The van der Waals surface area contributed by atoms with Gasteiger partial charge in [0.1, 0.15) is 17.9 Å². The molecule has 1 unspecified atom stereocenters. The molecular formula is C24H22FN7O2S. The van der Waals surface area contributed by atoms with Crippen LogP contribution in [0.15, 0.2) is 48.5 Å². The Morgan fingerprint density at radius 1 is 1.17 bits per heavy atom. The van der Waals surface area contributed by atoms with Crippen molar-refractivity contribution in [2.24, 2.45) is 7.05 Å². The van der Waals surface area contributed by atoms with Gasteiger partial charge in [0.25, 0.3) is 5.91 Å². The van der Waals surface area contributed by atoms with E-state index in [4.69, 9.17) is 4.74 Å². The standard InChI is InChI=1S/C24H22FN7O2S/c1-13(24(33)31(2)3)34-19-8-14(15-9-29-32(4)10-15)7-18-20(19)23(27-11-26-18)30-16-5-6-17-22(21(16)25)35-12-28-17/h5-13H,1-4H3,(H,26,27,30). The number of carbonyl (C=O) groups excluding carboxylic acids is 1. The average Bonchev–Trinajstić information content (AvgIpc) is 3.49. The molecule has 2 aromatic carbocycles. The molecule has 0 spiro atoms. The summed E-state index contributed by atoms with van der Waals surface area (Å²) in [6.07, 6.45) is 4.24. The molecule has 0 saturated carbocycles. The highest BCUT2D eigenvalue weighted by Crippen LogP contribution is 2.38. The molecule has 0 saturated heterocycles. The number of benzene rings is 2. The lowest BCUT2D eigenvalue weighted by molar-refractivity contribution is -0.135. The van der Waals surface area contributed by atoms with Crippen LogP contribution in [0.1, 0.15) is 6.92 Å². The highest BCUT2D eigenvalue weighted by Gasteiger charge is 2.21. The normalized spacial score (nSPS) is 12.1. The van der Waals surface area contributed by atoms with Crippen molar-refractivity contribution in [1.29, 1.82) is 0 Å². The number of rotatable bonds is 6. The molecule has 3 aromatic heterocycles. The molecule has 178 valence electrons. The third-order valence-corrected chi connectivity index (χ3v) is 6.36. The van der Waals surface area contributed by atoms with Gasteiger partial charge in [-0.15, -0.1) is 11.3 Å². The number of thiazole rings is 1. The minimum Gasteiger partial charge on any atom is -0.480 e. The third kappa shape index (κ3) is 4.26. The second-order valence-electron chi connectivity index (χ2n) is 8.24. The van der Waals surface area contributed by atoms with Crippen LogP contribution in [0.25, 0.3) is 32.2 Å². The fraction of sp³-hybridized carbons (Fsp3) is 0.208. The largest absolute Gasteiger partial charge is 0.480 e. The molecule has 35 heavy (non-hydrogen) atoms. The van der Waals surface area contributed by atoms with E-state index in [2.05, 4.69) is 25.4 Å². The van der Waals surface area contributed by atoms with Gasteiger partial charge < -0.3 is 15.0 Å². The maximum Gasteiger partial charge on any atom is 0.262 e. The number of nitrogens with one attached hydrogen (secondary N) is 1. The Labute approximate surface area is 204 Å². The summed E-state index contributed by atoms with van der Waals surface area (Å²) in [6.45, 7) is 1.68. The van der Waals surface area contributed by atoms with Gasteiger partial charge in [0.15, 0.2) is 11.9 Å². The van der Waals surface area contributed by atoms with Crippen molar-refractivity contribution >= 4 is 49.9 Å². The Hall–Kier alpha value is -4.12. The van der Waals surface area contributed by atoms with Crippen molar-refractivity contribution in [3.63, 3.8) is 0 Å². The Morgan fingerprint density at radius 2 is 2.00 bits per heavy atom. The summed E-state index contributed by atoms with van der Waals surface area (Å²) in [6, 6.07) is 7.06. The van der Waals surface area contributed by atoms with Crippen molar-refractivity contribution in [1.82, 2.24) is 29.6 Å². The van der Waals surface area contributed by atoms with E-state index in [0.717, 1.165) is 11.1 Å². The second-order valence-corrected chi connectivity index (χ2v) is 9.09. The Kier molecular flexibility index (Phi) is 5.77. The highest BCUT2D eigenvalue weighted by atomic mass is 32.1. The molecule has 0 aliphatic carbocycles. The lowest BCUT2D eigenvalue weighted by atomic mass is 10.1. The summed E-state index contributed by atoms with van der Waals surface area (Å²) in [5.41, 5.74) is 4.69. The van der Waals surface area contributed by atoms with E-state index in [1.165, 1.54) is 22.6 Å². The van der Waals surface area contributed by atoms with Crippen LogP contribution in [-0.4, -0.2) is 55.7 Å². The summed E-state index contributed by atoms with van der Waals surface area (Å²) in [7, 11) is 5.17. The first-order chi connectivity index (χ1) is 16.8. The first-order valence-corrected chi connectivity index (χ1v) is 11.6. The number of carbonyl (C=O) groups is 1. The zero-order valence-corrected chi connectivity index (χ0v) is 20.3. The molecule has 11 heteroatoms. The number of likely N-dealkylation sites (N-methyl/N-ethyl adjacent to an activating group) is 1. The predicted molar refractivity (Wildman–Crippen MR) is 133 cm³/mol. The van der Waals surface area contributed by atoms with Gasteiger partial charge >= 0.3 is 0 Å². The van der Waals surface area contributed by atoms with Gasteiger partial charge in [-0.2, -0.15) is 5.10 Å². The Balaban J connectivity index is 1.65. The van der Waals surface area contributed by atoms with Crippen LogP contribution in [0.3, 0.4) is 0 Å². The zero-order valence-electron chi connectivity index (χ0n) is 19.5. The lowest BCUT2D eigenvalue weighted by Crippen LogP contribution is -2.35.